The van der Waals surface area contributed by atoms with Crippen molar-refractivity contribution in [1.82, 2.24) is 0 Å². The van der Waals surface area contributed by atoms with Crippen LogP contribution in [0.1, 0.15) is 53.4 Å². The fraction of sp³-hybridized carbons (Fsp3) is 1.00. The van der Waals surface area contributed by atoms with Crippen LogP contribution < -0.4 is 5.73 Å². The van der Waals surface area contributed by atoms with E-state index in [-0.39, 0.29) is 11.5 Å². The van der Waals surface area contributed by atoms with Crippen molar-refractivity contribution >= 4 is 0 Å². The SMILES string of the molecule is CCCCCCOCC(N)C(C)(C)C. The Balaban J connectivity index is 3.28. The average Bonchev–Trinajstić information content (AvgIpc) is 2.09. The molecule has 0 fully saturated rings. The van der Waals surface area contributed by atoms with Gasteiger partial charge in [-0.2, -0.15) is 0 Å². The van der Waals surface area contributed by atoms with Crippen molar-refractivity contribution in [2.75, 3.05) is 13.2 Å². The number of ether oxygens (including phenoxy) is 1. The molecule has 0 aromatic heterocycles. The van der Waals surface area contributed by atoms with Crippen LogP contribution >= 0.6 is 0 Å². The molecule has 0 amide bonds. The number of unbranched alkanes of at least 4 members (excludes halogenated alkanes) is 3. The Kier molecular flexibility index (Phi) is 7.20. The van der Waals surface area contributed by atoms with Gasteiger partial charge in [0.15, 0.2) is 0 Å². The second-order valence-electron chi connectivity index (χ2n) is 5.11. The molecule has 0 aliphatic rings. The van der Waals surface area contributed by atoms with E-state index in [1.54, 1.807) is 0 Å². The van der Waals surface area contributed by atoms with Crippen LogP contribution in [0, 0.1) is 5.41 Å². The second-order valence-corrected chi connectivity index (χ2v) is 5.11. The van der Waals surface area contributed by atoms with Gasteiger partial charge in [-0.1, -0.05) is 47.0 Å². The predicted octanol–water partition coefficient (Wildman–Crippen LogP) is 2.96. The molecule has 2 nitrogen and oxygen atoms in total. The molecule has 0 heterocycles. The molecule has 0 saturated carbocycles. The number of hydrogen-bond donors (Lipinski definition) is 1. The van der Waals surface area contributed by atoms with Crippen molar-refractivity contribution in [3.05, 3.63) is 0 Å². The van der Waals surface area contributed by atoms with E-state index in [0.717, 1.165) is 6.61 Å². The summed E-state index contributed by atoms with van der Waals surface area (Å²) in [4.78, 5) is 0. The number of hydrogen-bond acceptors (Lipinski definition) is 2. The van der Waals surface area contributed by atoms with Crippen LogP contribution in [-0.2, 0) is 4.74 Å². The minimum atomic E-state index is 0.147. The van der Waals surface area contributed by atoms with Crippen LogP contribution in [0.25, 0.3) is 0 Å². The van der Waals surface area contributed by atoms with E-state index in [4.69, 9.17) is 10.5 Å². The monoisotopic (exact) mass is 201 g/mol. The highest BCUT2D eigenvalue weighted by Crippen LogP contribution is 2.17. The molecular formula is C12H27NO. The molecule has 0 spiro atoms. The maximum atomic E-state index is 5.97. The first kappa shape index (κ1) is 13.9. The fourth-order valence-corrected chi connectivity index (χ4v) is 1.09. The van der Waals surface area contributed by atoms with E-state index in [1.807, 2.05) is 0 Å². The van der Waals surface area contributed by atoms with Gasteiger partial charge in [-0.15, -0.1) is 0 Å². The molecule has 0 aromatic carbocycles. The van der Waals surface area contributed by atoms with Crippen molar-refractivity contribution in [2.45, 2.75) is 59.4 Å². The molecule has 0 aromatic rings. The van der Waals surface area contributed by atoms with Gasteiger partial charge in [-0.3, -0.25) is 0 Å². The Morgan fingerprint density at radius 3 is 2.29 bits per heavy atom. The minimum Gasteiger partial charge on any atom is -0.380 e. The van der Waals surface area contributed by atoms with Gasteiger partial charge >= 0.3 is 0 Å². The molecule has 0 bridgehead atoms. The standard InChI is InChI=1S/C12H27NO/c1-5-6-7-8-9-14-10-11(13)12(2,3)4/h11H,5-10,13H2,1-4H3. The smallest absolute Gasteiger partial charge is 0.0622 e. The van der Waals surface area contributed by atoms with E-state index in [9.17, 15) is 0 Å². The lowest BCUT2D eigenvalue weighted by Crippen LogP contribution is -2.39. The lowest BCUT2D eigenvalue weighted by molar-refractivity contribution is 0.0875. The largest absolute Gasteiger partial charge is 0.380 e. The van der Waals surface area contributed by atoms with Gasteiger partial charge in [-0.25, -0.2) is 0 Å². The summed E-state index contributed by atoms with van der Waals surface area (Å²) in [6, 6.07) is 0.147. The summed E-state index contributed by atoms with van der Waals surface area (Å²) in [7, 11) is 0. The summed E-state index contributed by atoms with van der Waals surface area (Å²) in [5.74, 6) is 0. The van der Waals surface area contributed by atoms with Crippen molar-refractivity contribution in [2.24, 2.45) is 11.1 Å². The Morgan fingerprint density at radius 1 is 1.14 bits per heavy atom. The van der Waals surface area contributed by atoms with Crippen molar-refractivity contribution in [3.63, 3.8) is 0 Å². The molecule has 0 rings (SSSR count). The Hall–Kier alpha value is -0.0800. The van der Waals surface area contributed by atoms with Crippen LogP contribution in [0.2, 0.25) is 0 Å². The highest BCUT2D eigenvalue weighted by Gasteiger charge is 2.20. The lowest BCUT2D eigenvalue weighted by atomic mass is 9.88. The zero-order chi connectivity index (χ0) is 11.0. The Bertz CT molecular complexity index is 129. The maximum Gasteiger partial charge on any atom is 0.0622 e. The number of nitrogens with two attached hydrogens (primary N) is 1. The van der Waals surface area contributed by atoms with E-state index in [1.165, 1.54) is 25.7 Å². The third-order valence-corrected chi connectivity index (χ3v) is 2.55. The van der Waals surface area contributed by atoms with E-state index >= 15 is 0 Å². The summed E-state index contributed by atoms with van der Waals surface area (Å²) in [6.07, 6.45) is 5.04. The molecule has 1 unspecified atom stereocenters. The third kappa shape index (κ3) is 7.34. The molecule has 2 N–H and O–H groups in total. The van der Waals surface area contributed by atoms with Gasteiger partial charge < -0.3 is 10.5 Å². The normalized spacial score (nSPS) is 14.4. The van der Waals surface area contributed by atoms with Crippen LogP contribution in [-0.4, -0.2) is 19.3 Å². The topological polar surface area (TPSA) is 35.2 Å². The molecule has 1 atom stereocenters. The first-order chi connectivity index (χ1) is 6.48. The lowest BCUT2D eigenvalue weighted by Gasteiger charge is -2.26. The van der Waals surface area contributed by atoms with Crippen LogP contribution in [0.4, 0.5) is 0 Å². The van der Waals surface area contributed by atoms with Gasteiger partial charge in [0.05, 0.1) is 6.61 Å². The summed E-state index contributed by atoms with van der Waals surface area (Å²) >= 11 is 0. The zero-order valence-electron chi connectivity index (χ0n) is 10.3. The average molecular weight is 201 g/mol. The Morgan fingerprint density at radius 2 is 1.79 bits per heavy atom. The first-order valence-electron chi connectivity index (χ1n) is 5.81. The molecule has 86 valence electrons. The highest BCUT2D eigenvalue weighted by molar-refractivity contribution is 4.76. The summed E-state index contributed by atoms with van der Waals surface area (Å²) < 4.78 is 5.54. The Labute approximate surface area is 89.2 Å². The van der Waals surface area contributed by atoms with Gasteiger partial charge in [0.2, 0.25) is 0 Å². The minimum absolute atomic E-state index is 0.147. The number of rotatable bonds is 7. The third-order valence-electron chi connectivity index (χ3n) is 2.55. The molecule has 0 radical (unpaired) electrons. The quantitative estimate of drug-likeness (QED) is 0.643. The van der Waals surface area contributed by atoms with Crippen LogP contribution in [0.3, 0.4) is 0 Å². The van der Waals surface area contributed by atoms with Crippen molar-refractivity contribution in [1.29, 1.82) is 0 Å². The zero-order valence-corrected chi connectivity index (χ0v) is 10.3. The van der Waals surface area contributed by atoms with Crippen LogP contribution in [0.15, 0.2) is 0 Å². The molecule has 0 aliphatic heterocycles. The predicted molar refractivity (Wildman–Crippen MR) is 62.4 cm³/mol. The molecule has 0 aliphatic carbocycles. The van der Waals surface area contributed by atoms with Gasteiger partial charge in [0.25, 0.3) is 0 Å². The molecule has 2 heteroatoms. The van der Waals surface area contributed by atoms with Gasteiger partial charge in [0, 0.05) is 12.6 Å². The fourth-order valence-electron chi connectivity index (χ4n) is 1.09. The van der Waals surface area contributed by atoms with Crippen LogP contribution in [0.5, 0.6) is 0 Å². The first-order valence-corrected chi connectivity index (χ1v) is 5.81. The van der Waals surface area contributed by atoms with Crippen molar-refractivity contribution in [3.8, 4) is 0 Å². The molecule has 0 saturated heterocycles. The van der Waals surface area contributed by atoms with Crippen molar-refractivity contribution < 1.29 is 4.74 Å². The maximum absolute atomic E-state index is 5.97. The molecule has 14 heavy (non-hydrogen) atoms. The summed E-state index contributed by atoms with van der Waals surface area (Å²) in [5, 5.41) is 0. The van der Waals surface area contributed by atoms with E-state index in [2.05, 4.69) is 27.7 Å². The van der Waals surface area contributed by atoms with E-state index < -0.39 is 0 Å². The molecular weight excluding hydrogens is 174 g/mol. The summed E-state index contributed by atoms with van der Waals surface area (Å²) in [5.41, 5.74) is 6.12. The summed E-state index contributed by atoms with van der Waals surface area (Å²) in [6.45, 7) is 10.2. The van der Waals surface area contributed by atoms with Gasteiger partial charge in [0.1, 0.15) is 0 Å². The highest BCUT2D eigenvalue weighted by atomic mass is 16.5. The van der Waals surface area contributed by atoms with E-state index in [0.29, 0.717) is 6.61 Å². The second kappa shape index (κ2) is 7.24. The van der Waals surface area contributed by atoms with Gasteiger partial charge in [-0.05, 0) is 11.8 Å².